The molecule has 188 valence electrons. The number of thiazole rings is 1. The number of benzene rings is 2. The fourth-order valence-corrected chi connectivity index (χ4v) is 5.33. The molecule has 9 heteroatoms. The van der Waals surface area contributed by atoms with Crippen LogP contribution in [0.1, 0.15) is 36.2 Å². The molecule has 3 heterocycles. The van der Waals surface area contributed by atoms with Gasteiger partial charge in [-0.3, -0.25) is 19.5 Å². The van der Waals surface area contributed by atoms with E-state index < -0.39 is 17.7 Å². The van der Waals surface area contributed by atoms with E-state index in [0.717, 1.165) is 16.7 Å². The van der Waals surface area contributed by atoms with Crippen LogP contribution in [0.3, 0.4) is 0 Å². The Labute approximate surface area is 217 Å². The van der Waals surface area contributed by atoms with E-state index in [-0.39, 0.29) is 11.3 Å². The van der Waals surface area contributed by atoms with Crippen molar-refractivity contribution in [1.82, 2.24) is 9.97 Å². The highest BCUT2D eigenvalue weighted by Gasteiger charge is 2.48. The summed E-state index contributed by atoms with van der Waals surface area (Å²) in [5.41, 5.74) is 2.34. The second-order valence-electron chi connectivity index (χ2n) is 8.59. The molecule has 4 aromatic rings. The van der Waals surface area contributed by atoms with Crippen molar-refractivity contribution in [1.29, 1.82) is 0 Å². The van der Waals surface area contributed by atoms with Gasteiger partial charge in [0.15, 0.2) is 5.13 Å². The number of nitrogens with zero attached hydrogens (tertiary/aromatic N) is 3. The molecule has 0 aliphatic carbocycles. The third-order valence-corrected chi connectivity index (χ3v) is 7.11. The lowest BCUT2D eigenvalue weighted by molar-refractivity contribution is -0.132. The lowest BCUT2D eigenvalue weighted by atomic mass is 9.98. The van der Waals surface area contributed by atoms with E-state index in [0.29, 0.717) is 40.0 Å². The van der Waals surface area contributed by atoms with Gasteiger partial charge in [0.05, 0.1) is 35.2 Å². The van der Waals surface area contributed by atoms with Gasteiger partial charge in [-0.1, -0.05) is 36.5 Å². The molecule has 1 fully saturated rings. The van der Waals surface area contributed by atoms with Crippen LogP contribution in [0.5, 0.6) is 11.5 Å². The lowest BCUT2D eigenvalue weighted by Crippen LogP contribution is -2.29. The lowest BCUT2D eigenvalue weighted by Gasteiger charge is -2.22. The Morgan fingerprint density at radius 1 is 1.14 bits per heavy atom. The van der Waals surface area contributed by atoms with Gasteiger partial charge in [-0.25, -0.2) is 4.98 Å². The maximum atomic E-state index is 13.4. The first-order valence-electron chi connectivity index (χ1n) is 11.8. The van der Waals surface area contributed by atoms with Gasteiger partial charge in [-0.05, 0) is 55.3 Å². The number of rotatable bonds is 7. The zero-order chi connectivity index (χ0) is 26.1. The summed E-state index contributed by atoms with van der Waals surface area (Å²) in [6.45, 7) is 4.43. The van der Waals surface area contributed by atoms with Crippen LogP contribution in [0.15, 0.2) is 66.4 Å². The van der Waals surface area contributed by atoms with E-state index in [9.17, 15) is 14.7 Å². The van der Waals surface area contributed by atoms with Gasteiger partial charge in [0.1, 0.15) is 23.3 Å². The molecule has 0 bridgehead atoms. The Morgan fingerprint density at radius 2 is 1.97 bits per heavy atom. The first kappa shape index (κ1) is 24.5. The van der Waals surface area contributed by atoms with Crippen molar-refractivity contribution in [3.05, 3.63) is 83.2 Å². The number of methoxy groups -OCH3 is 1. The molecule has 1 amide bonds. The Hall–Kier alpha value is -4.24. The average molecular weight is 516 g/mol. The molecule has 1 unspecified atom stereocenters. The Kier molecular flexibility index (Phi) is 6.62. The van der Waals surface area contributed by atoms with Crippen LogP contribution in [0, 0.1) is 6.92 Å². The van der Waals surface area contributed by atoms with Crippen molar-refractivity contribution < 1.29 is 24.2 Å². The molecule has 1 aliphatic rings. The summed E-state index contributed by atoms with van der Waals surface area (Å²) in [5.74, 6) is -0.613. The average Bonchev–Trinajstić information content (AvgIpc) is 3.44. The maximum absolute atomic E-state index is 13.4. The SMILES string of the molecule is CCCOc1cccc(/C(O)=C2\C(=O)C(=O)N(c3nc4cc(C)c(OC)cc4s3)C2c2ccccn2)c1. The van der Waals surface area contributed by atoms with Crippen molar-refractivity contribution in [2.24, 2.45) is 0 Å². The van der Waals surface area contributed by atoms with E-state index in [2.05, 4.69) is 9.97 Å². The molecular weight excluding hydrogens is 490 g/mol. The molecule has 2 aromatic heterocycles. The monoisotopic (exact) mass is 515 g/mol. The van der Waals surface area contributed by atoms with Crippen LogP contribution in [0.2, 0.25) is 0 Å². The fraction of sp³-hybridized carbons (Fsp3) is 0.214. The summed E-state index contributed by atoms with van der Waals surface area (Å²) in [6, 6.07) is 14.9. The highest BCUT2D eigenvalue weighted by atomic mass is 32.1. The number of amides is 1. The number of pyridine rings is 1. The third-order valence-electron chi connectivity index (χ3n) is 6.09. The van der Waals surface area contributed by atoms with Crippen LogP contribution >= 0.6 is 11.3 Å². The first-order valence-corrected chi connectivity index (χ1v) is 12.6. The van der Waals surface area contributed by atoms with Gasteiger partial charge < -0.3 is 14.6 Å². The van der Waals surface area contributed by atoms with Crippen LogP contribution in [-0.2, 0) is 9.59 Å². The highest BCUT2D eigenvalue weighted by Crippen LogP contribution is 2.44. The quantitative estimate of drug-likeness (QED) is 0.199. The number of aliphatic hydroxyl groups is 1. The zero-order valence-electron chi connectivity index (χ0n) is 20.6. The molecule has 0 spiro atoms. The first-order chi connectivity index (χ1) is 17.9. The number of aromatic nitrogens is 2. The number of ether oxygens (including phenoxy) is 2. The largest absolute Gasteiger partial charge is 0.507 e. The zero-order valence-corrected chi connectivity index (χ0v) is 21.4. The molecule has 5 rings (SSSR count). The van der Waals surface area contributed by atoms with E-state index in [4.69, 9.17) is 9.47 Å². The number of fused-ring (bicyclic) bond motifs is 1. The predicted molar refractivity (Wildman–Crippen MR) is 142 cm³/mol. The molecule has 0 radical (unpaired) electrons. The van der Waals surface area contributed by atoms with Crippen molar-refractivity contribution in [2.75, 3.05) is 18.6 Å². The molecule has 37 heavy (non-hydrogen) atoms. The molecule has 1 saturated heterocycles. The second kappa shape index (κ2) is 10.0. The van der Waals surface area contributed by atoms with Gasteiger partial charge in [-0.2, -0.15) is 0 Å². The molecular formula is C28H25N3O5S. The second-order valence-corrected chi connectivity index (χ2v) is 9.60. The molecule has 2 aromatic carbocycles. The smallest absolute Gasteiger partial charge is 0.301 e. The van der Waals surface area contributed by atoms with Crippen LogP contribution < -0.4 is 14.4 Å². The van der Waals surface area contributed by atoms with Crippen molar-refractivity contribution in [3.8, 4) is 11.5 Å². The summed E-state index contributed by atoms with van der Waals surface area (Å²) >= 11 is 1.27. The minimum Gasteiger partial charge on any atom is -0.507 e. The number of carbonyl (C=O) groups is 2. The van der Waals surface area contributed by atoms with Crippen LogP contribution in [-0.4, -0.2) is 40.5 Å². The Morgan fingerprint density at radius 3 is 2.70 bits per heavy atom. The van der Waals surface area contributed by atoms with Gasteiger partial charge in [-0.15, -0.1) is 0 Å². The molecule has 0 saturated carbocycles. The van der Waals surface area contributed by atoms with Gasteiger partial charge in [0.25, 0.3) is 5.78 Å². The number of aliphatic hydroxyl groups excluding tert-OH is 1. The Balaban J connectivity index is 1.67. The number of hydrogen-bond donors (Lipinski definition) is 1. The topological polar surface area (TPSA) is 102 Å². The number of anilines is 1. The number of Topliss-reactive ketones (excluding diaryl/α,β-unsaturated/α-hetero) is 1. The van der Waals surface area contributed by atoms with Gasteiger partial charge >= 0.3 is 5.91 Å². The molecule has 8 nitrogen and oxygen atoms in total. The minimum absolute atomic E-state index is 0.0515. The fourth-order valence-electron chi connectivity index (χ4n) is 4.33. The predicted octanol–water partition coefficient (Wildman–Crippen LogP) is 5.42. The summed E-state index contributed by atoms with van der Waals surface area (Å²) < 4.78 is 11.9. The maximum Gasteiger partial charge on any atom is 0.301 e. The van der Waals surface area contributed by atoms with E-state index in [1.54, 1.807) is 55.8 Å². The number of aryl methyl sites for hydroxylation is 1. The summed E-state index contributed by atoms with van der Waals surface area (Å²) in [6.07, 6.45) is 2.41. The number of hydrogen-bond acceptors (Lipinski definition) is 8. The third kappa shape index (κ3) is 4.42. The molecule has 1 N–H and O–H groups in total. The summed E-state index contributed by atoms with van der Waals surface area (Å²) in [5, 5.41) is 11.7. The van der Waals surface area contributed by atoms with Crippen molar-refractivity contribution in [2.45, 2.75) is 26.3 Å². The van der Waals surface area contributed by atoms with E-state index in [1.807, 2.05) is 26.0 Å². The highest BCUT2D eigenvalue weighted by molar-refractivity contribution is 7.22. The van der Waals surface area contributed by atoms with Crippen molar-refractivity contribution >= 4 is 44.1 Å². The van der Waals surface area contributed by atoms with E-state index in [1.165, 1.54) is 16.2 Å². The normalized spacial score (nSPS) is 16.9. The molecule has 1 aliphatic heterocycles. The molecule has 1 atom stereocenters. The van der Waals surface area contributed by atoms with Crippen LogP contribution in [0.4, 0.5) is 5.13 Å². The van der Waals surface area contributed by atoms with Gasteiger partial charge in [0, 0.05) is 11.8 Å². The number of carbonyl (C=O) groups excluding carboxylic acids is 2. The van der Waals surface area contributed by atoms with E-state index >= 15 is 0 Å². The summed E-state index contributed by atoms with van der Waals surface area (Å²) in [4.78, 5) is 37.2. The standard InChI is InChI=1S/C28H25N3O5S/c1-4-12-36-18-9-7-8-17(14-18)25(32)23-24(19-10-5-6-11-29-19)31(27(34)26(23)33)28-30-20-13-16(2)21(35-3)15-22(20)37-28/h5-11,13-15,24,32H,4,12H2,1-3H3/b25-23+. The number of ketones is 1. The minimum atomic E-state index is -0.954. The van der Waals surface area contributed by atoms with Gasteiger partial charge in [0.2, 0.25) is 0 Å². The van der Waals surface area contributed by atoms with Crippen LogP contribution in [0.25, 0.3) is 16.0 Å². The Bertz CT molecular complexity index is 1530. The van der Waals surface area contributed by atoms with Crippen molar-refractivity contribution in [3.63, 3.8) is 0 Å². The summed E-state index contributed by atoms with van der Waals surface area (Å²) in [7, 11) is 1.60.